The molecule has 2 heteroatoms. The summed E-state index contributed by atoms with van der Waals surface area (Å²) in [6, 6.07) is 1.38. The zero-order valence-corrected chi connectivity index (χ0v) is 19.8. The Balaban J connectivity index is 4.69. The van der Waals surface area contributed by atoms with Crippen molar-refractivity contribution in [2.75, 3.05) is 0 Å². The Labute approximate surface area is 141 Å². The minimum atomic E-state index is -1.86. The van der Waals surface area contributed by atoms with Crippen molar-refractivity contribution in [3.63, 3.8) is 0 Å². The minimum absolute atomic E-state index is 0.893. The van der Waals surface area contributed by atoms with Crippen molar-refractivity contribution in [1.82, 2.24) is 0 Å². The first kappa shape index (κ1) is 21.8. The van der Waals surface area contributed by atoms with Gasteiger partial charge < -0.3 is 0 Å². The van der Waals surface area contributed by atoms with Crippen LogP contribution in [0.3, 0.4) is 0 Å². The third kappa shape index (κ3) is 11.9. The van der Waals surface area contributed by atoms with Gasteiger partial charge in [0.15, 0.2) is 0 Å². The quantitative estimate of drug-likeness (QED) is 0.212. The summed E-state index contributed by atoms with van der Waals surface area (Å²) in [6.45, 7) is 14.6. The molecule has 0 aromatic carbocycles. The summed E-state index contributed by atoms with van der Waals surface area (Å²) in [6.07, 6.45) is 13.9. The Kier molecular flexibility index (Phi) is 12.7. The molecule has 0 atom stereocenters. The maximum atomic E-state index is 2.63. The van der Waals surface area contributed by atoms with Crippen LogP contribution >= 0.6 is 0 Å². The van der Waals surface area contributed by atoms with Gasteiger partial charge in [-0.15, -0.1) is 0 Å². The van der Waals surface area contributed by atoms with Gasteiger partial charge in [-0.2, -0.15) is 0 Å². The number of rotatable bonds is 13. The Morgan fingerprint density at radius 1 is 0.714 bits per heavy atom. The molecule has 0 aromatic heterocycles. The number of allylic oxidation sites excluding steroid dienone is 2. The van der Waals surface area contributed by atoms with Crippen molar-refractivity contribution in [2.45, 2.75) is 103 Å². The van der Waals surface area contributed by atoms with Gasteiger partial charge in [-0.05, 0) is 0 Å². The van der Waals surface area contributed by atoms with Crippen molar-refractivity contribution in [2.24, 2.45) is 0 Å². The second-order valence-electron chi connectivity index (χ2n) is 8.25. The fourth-order valence-corrected chi connectivity index (χ4v) is 19.2. The third-order valence-corrected chi connectivity index (χ3v) is 21.3. The molecule has 0 unspecified atom stereocenters. The molecule has 21 heavy (non-hydrogen) atoms. The number of hydrogen-bond donors (Lipinski definition) is 0. The molecule has 0 nitrogen and oxygen atoms in total. The molecule has 0 aliphatic carbocycles. The summed E-state index contributed by atoms with van der Waals surface area (Å²) >= 11 is -1.86. The predicted octanol–water partition coefficient (Wildman–Crippen LogP) is 7.73. The normalized spacial score (nSPS) is 13.2. The van der Waals surface area contributed by atoms with Crippen LogP contribution in [0.5, 0.6) is 0 Å². The van der Waals surface area contributed by atoms with E-state index in [0.717, 1.165) is 0 Å². The van der Waals surface area contributed by atoms with Gasteiger partial charge in [-0.3, -0.25) is 0 Å². The van der Waals surface area contributed by atoms with E-state index in [2.05, 4.69) is 52.6 Å². The fourth-order valence-electron chi connectivity index (χ4n) is 3.11. The van der Waals surface area contributed by atoms with Crippen LogP contribution in [0.2, 0.25) is 43.4 Å². The zero-order chi connectivity index (χ0) is 16.2. The summed E-state index contributed by atoms with van der Waals surface area (Å²) in [7, 11) is -0.893. The molecule has 0 saturated carbocycles. The number of hydrogen-bond acceptors (Lipinski definition) is 0. The van der Waals surface area contributed by atoms with Gasteiger partial charge >= 0.3 is 141 Å². The van der Waals surface area contributed by atoms with Crippen LogP contribution in [-0.2, 0) is 0 Å². The van der Waals surface area contributed by atoms with Crippen LogP contribution in [0.25, 0.3) is 0 Å². The summed E-state index contributed by atoms with van der Waals surface area (Å²) in [5, 5.41) is 0. The van der Waals surface area contributed by atoms with Crippen molar-refractivity contribution < 1.29 is 0 Å². The molecule has 0 heterocycles. The third-order valence-electron chi connectivity index (χ3n) is 4.63. The molecular weight excluding hydrogens is 375 g/mol. The summed E-state index contributed by atoms with van der Waals surface area (Å²) in [4.78, 5) is 0. The Morgan fingerprint density at radius 3 is 1.48 bits per heavy atom. The van der Waals surface area contributed by atoms with Gasteiger partial charge in [0.25, 0.3) is 0 Å². The van der Waals surface area contributed by atoms with Gasteiger partial charge in [-0.25, -0.2) is 0 Å². The molecular formula is C19H42SiSn. The summed E-state index contributed by atoms with van der Waals surface area (Å²) in [5.74, 6) is 0. The van der Waals surface area contributed by atoms with Gasteiger partial charge in [0, 0.05) is 0 Å². The van der Waals surface area contributed by atoms with Crippen LogP contribution in [0.4, 0.5) is 0 Å². The van der Waals surface area contributed by atoms with Crippen LogP contribution < -0.4 is 0 Å². The molecule has 0 aliphatic rings. The first-order valence-electron chi connectivity index (χ1n) is 9.54. The van der Waals surface area contributed by atoms with E-state index in [1.165, 1.54) is 44.6 Å². The van der Waals surface area contributed by atoms with Crippen molar-refractivity contribution in [1.29, 1.82) is 0 Å². The van der Waals surface area contributed by atoms with E-state index in [-0.39, 0.29) is 0 Å². The monoisotopic (exact) mass is 418 g/mol. The second-order valence-corrected chi connectivity index (χ2v) is 27.8. The molecule has 0 amide bonds. The van der Waals surface area contributed by atoms with Crippen molar-refractivity contribution in [3.8, 4) is 0 Å². The van der Waals surface area contributed by atoms with Crippen LogP contribution in [0, 0.1) is 0 Å². The average molecular weight is 417 g/mol. The predicted molar refractivity (Wildman–Crippen MR) is 107 cm³/mol. The van der Waals surface area contributed by atoms with Crippen LogP contribution in [0.1, 0.15) is 59.3 Å². The van der Waals surface area contributed by atoms with Gasteiger partial charge in [0.1, 0.15) is 0 Å². The molecule has 0 aliphatic heterocycles. The van der Waals surface area contributed by atoms with E-state index < -0.39 is 26.5 Å². The Bertz CT molecular complexity index is 243. The molecule has 0 bridgehead atoms. The standard InChI is InChI=1S/C7H15Si.3C4H9.Sn/c1-5-6-7-8(2,3)4;3*1-3-4-2;/h5-6H,1,7H2,2-4H3;3*1,3-4H2,2H3;/b6-5+;;;;. The molecule has 126 valence electrons. The molecule has 0 aromatic rings. The van der Waals surface area contributed by atoms with Crippen LogP contribution in [0.15, 0.2) is 12.2 Å². The van der Waals surface area contributed by atoms with E-state index in [9.17, 15) is 0 Å². The first-order valence-corrected chi connectivity index (χ1v) is 21.3. The van der Waals surface area contributed by atoms with Crippen LogP contribution in [-0.4, -0.2) is 26.5 Å². The van der Waals surface area contributed by atoms with Crippen molar-refractivity contribution >= 4 is 26.5 Å². The molecule has 0 rings (SSSR count). The van der Waals surface area contributed by atoms with E-state index in [0.29, 0.717) is 0 Å². The van der Waals surface area contributed by atoms with E-state index in [1.807, 2.05) is 0 Å². The molecule has 0 radical (unpaired) electrons. The molecule has 0 fully saturated rings. The SMILES string of the molecule is CCC[CH2][Sn]([CH2]/C=C/C[Si](C)(C)C)([CH2]CCC)[CH2]CCC. The average Bonchev–Trinajstić information content (AvgIpc) is 2.43. The van der Waals surface area contributed by atoms with E-state index in [4.69, 9.17) is 0 Å². The second kappa shape index (κ2) is 12.2. The van der Waals surface area contributed by atoms with Gasteiger partial charge in [0.05, 0.1) is 0 Å². The Morgan fingerprint density at radius 2 is 1.14 bits per heavy atom. The number of unbranched alkanes of at least 4 members (excludes halogenated alkanes) is 3. The summed E-state index contributed by atoms with van der Waals surface area (Å²) < 4.78 is 6.51. The molecule has 0 spiro atoms. The Hall–Kier alpha value is 0.756. The molecule has 0 saturated heterocycles. The topological polar surface area (TPSA) is 0 Å². The summed E-state index contributed by atoms with van der Waals surface area (Å²) in [5.41, 5.74) is 0. The zero-order valence-electron chi connectivity index (χ0n) is 15.9. The first-order chi connectivity index (χ1) is 9.89. The van der Waals surface area contributed by atoms with E-state index >= 15 is 0 Å². The van der Waals surface area contributed by atoms with Crippen molar-refractivity contribution in [3.05, 3.63) is 12.2 Å². The van der Waals surface area contributed by atoms with Gasteiger partial charge in [0.2, 0.25) is 0 Å². The maximum absolute atomic E-state index is 2.63. The fraction of sp³-hybridized carbons (Fsp3) is 0.895. The van der Waals surface area contributed by atoms with Gasteiger partial charge in [-0.1, -0.05) is 0 Å². The molecule has 0 N–H and O–H groups in total. The van der Waals surface area contributed by atoms with E-state index in [1.54, 1.807) is 17.7 Å².